The molecule has 1 heterocycles. The van der Waals surface area contributed by atoms with Crippen LogP contribution in [0.2, 0.25) is 0 Å². The van der Waals surface area contributed by atoms with Gasteiger partial charge in [0, 0.05) is 24.2 Å². The topological polar surface area (TPSA) is 68.0 Å². The lowest BCUT2D eigenvalue weighted by Gasteiger charge is -2.10. The van der Waals surface area contributed by atoms with E-state index in [1.165, 1.54) is 0 Å². The van der Waals surface area contributed by atoms with Crippen LogP contribution in [0.15, 0.2) is 18.3 Å². The first-order valence-corrected chi connectivity index (χ1v) is 5.58. The maximum Gasteiger partial charge on any atom is 0.151 e. The van der Waals surface area contributed by atoms with Gasteiger partial charge in [0.05, 0.1) is 6.54 Å². The molecule has 1 atom stereocenters. The number of nitrogen functional groups attached to an aromatic ring is 1. The number of nitrogens with zero attached hydrogens (tertiary/aromatic N) is 1. The molecular formula is C12H19N3O. The molecule has 0 saturated heterocycles. The second kappa shape index (κ2) is 6.23. The third kappa shape index (κ3) is 3.98. The lowest BCUT2D eigenvalue weighted by atomic mass is 10.1. The minimum Gasteiger partial charge on any atom is -0.383 e. The van der Waals surface area contributed by atoms with Gasteiger partial charge >= 0.3 is 0 Å². The van der Waals surface area contributed by atoms with E-state index in [-0.39, 0.29) is 5.78 Å². The first-order chi connectivity index (χ1) is 7.63. The third-order valence-corrected chi connectivity index (χ3v) is 2.57. The van der Waals surface area contributed by atoms with Gasteiger partial charge in [-0.1, -0.05) is 13.0 Å². The van der Waals surface area contributed by atoms with Crippen molar-refractivity contribution in [2.24, 2.45) is 0 Å². The smallest absolute Gasteiger partial charge is 0.151 e. The summed E-state index contributed by atoms with van der Waals surface area (Å²) in [6.07, 6.45) is 2.99. The normalized spacial score (nSPS) is 12.4. The van der Waals surface area contributed by atoms with Gasteiger partial charge in [0.15, 0.2) is 5.78 Å². The number of anilines is 1. The van der Waals surface area contributed by atoms with E-state index in [4.69, 9.17) is 5.73 Å². The molecule has 0 fully saturated rings. The predicted octanol–water partition coefficient (Wildman–Crippen LogP) is 1.16. The third-order valence-electron chi connectivity index (χ3n) is 2.57. The maximum atomic E-state index is 11.6. The Kier molecular flexibility index (Phi) is 4.92. The van der Waals surface area contributed by atoms with Gasteiger partial charge in [0.1, 0.15) is 5.82 Å². The van der Waals surface area contributed by atoms with E-state index < -0.39 is 0 Å². The predicted molar refractivity (Wildman–Crippen MR) is 65.1 cm³/mol. The highest BCUT2D eigenvalue weighted by Gasteiger charge is 2.07. The van der Waals surface area contributed by atoms with Crippen molar-refractivity contribution < 1.29 is 4.79 Å². The molecule has 0 radical (unpaired) electrons. The summed E-state index contributed by atoms with van der Waals surface area (Å²) in [6.45, 7) is 4.54. The van der Waals surface area contributed by atoms with Gasteiger partial charge in [0.25, 0.3) is 0 Å². The van der Waals surface area contributed by atoms with Gasteiger partial charge in [-0.2, -0.15) is 0 Å². The first kappa shape index (κ1) is 12.6. The lowest BCUT2D eigenvalue weighted by Crippen LogP contribution is -2.31. The van der Waals surface area contributed by atoms with Crippen molar-refractivity contribution in [1.29, 1.82) is 0 Å². The molecule has 0 aliphatic carbocycles. The van der Waals surface area contributed by atoms with Crippen molar-refractivity contribution in [3.8, 4) is 0 Å². The molecular weight excluding hydrogens is 202 g/mol. The van der Waals surface area contributed by atoms with Crippen LogP contribution in [0.5, 0.6) is 0 Å². The minimum absolute atomic E-state index is 0.139. The quantitative estimate of drug-likeness (QED) is 0.756. The van der Waals surface area contributed by atoms with Crippen molar-refractivity contribution in [3.63, 3.8) is 0 Å². The standard InChI is InChI=1S/C12H19N3O/c1-3-9(2)15-8-11(16)7-10-5-4-6-14-12(10)13/h4-6,9,15H,3,7-8H2,1-2H3,(H2,13,14). The van der Waals surface area contributed by atoms with Crippen molar-refractivity contribution in [1.82, 2.24) is 10.3 Å². The fraction of sp³-hybridized carbons (Fsp3) is 0.500. The molecule has 0 bridgehead atoms. The summed E-state index contributed by atoms with van der Waals surface area (Å²) in [4.78, 5) is 15.6. The Labute approximate surface area is 96.3 Å². The number of carbonyl (C=O) groups excluding carboxylic acids is 1. The summed E-state index contributed by atoms with van der Waals surface area (Å²) in [5, 5.41) is 3.16. The number of hydrogen-bond donors (Lipinski definition) is 2. The average molecular weight is 221 g/mol. The number of aromatic nitrogens is 1. The van der Waals surface area contributed by atoms with Gasteiger partial charge in [-0.3, -0.25) is 4.79 Å². The molecule has 3 N–H and O–H groups in total. The zero-order valence-corrected chi connectivity index (χ0v) is 9.86. The molecule has 0 aliphatic rings. The maximum absolute atomic E-state index is 11.6. The van der Waals surface area contributed by atoms with E-state index >= 15 is 0 Å². The van der Waals surface area contributed by atoms with Crippen LogP contribution in [-0.4, -0.2) is 23.4 Å². The second-order valence-electron chi connectivity index (χ2n) is 3.95. The van der Waals surface area contributed by atoms with Gasteiger partial charge in [0.2, 0.25) is 0 Å². The van der Waals surface area contributed by atoms with Gasteiger partial charge < -0.3 is 11.1 Å². The van der Waals surface area contributed by atoms with E-state index in [1.807, 2.05) is 6.07 Å². The Balaban J connectivity index is 2.43. The van der Waals surface area contributed by atoms with Crippen LogP contribution >= 0.6 is 0 Å². The summed E-state index contributed by atoms with van der Waals surface area (Å²) in [7, 11) is 0. The molecule has 88 valence electrons. The molecule has 0 saturated carbocycles. The number of nitrogens with one attached hydrogen (secondary N) is 1. The Morgan fingerprint density at radius 3 is 3.00 bits per heavy atom. The Bertz CT molecular complexity index is 352. The highest BCUT2D eigenvalue weighted by atomic mass is 16.1. The van der Waals surface area contributed by atoms with Gasteiger partial charge in [-0.05, 0) is 19.4 Å². The minimum atomic E-state index is 0.139. The molecule has 1 aromatic heterocycles. The molecule has 0 aromatic carbocycles. The van der Waals surface area contributed by atoms with Crippen LogP contribution in [0, 0.1) is 0 Å². The Hall–Kier alpha value is -1.42. The van der Waals surface area contributed by atoms with Crippen molar-refractivity contribution in [2.45, 2.75) is 32.7 Å². The molecule has 16 heavy (non-hydrogen) atoms. The number of pyridine rings is 1. The van der Waals surface area contributed by atoms with E-state index in [9.17, 15) is 4.79 Å². The summed E-state index contributed by atoms with van der Waals surface area (Å²) < 4.78 is 0. The SMILES string of the molecule is CCC(C)NCC(=O)Cc1cccnc1N. The average Bonchev–Trinajstić information content (AvgIpc) is 2.29. The van der Waals surface area contributed by atoms with Crippen molar-refractivity contribution >= 4 is 11.6 Å². The zero-order valence-electron chi connectivity index (χ0n) is 9.86. The summed E-state index contributed by atoms with van der Waals surface area (Å²) in [5.41, 5.74) is 6.47. The second-order valence-corrected chi connectivity index (χ2v) is 3.95. The fourth-order valence-electron chi connectivity index (χ4n) is 1.31. The zero-order chi connectivity index (χ0) is 12.0. The first-order valence-electron chi connectivity index (χ1n) is 5.58. The highest BCUT2D eigenvalue weighted by Crippen LogP contribution is 2.07. The van der Waals surface area contributed by atoms with Gasteiger partial charge in [-0.25, -0.2) is 4.98 Å². The molecule has 0 aliphatic heterocycles. The molecule has 1 aromatic rings. The summed E-state index contributed by atoms with van der Waals surface area (Å²) >= 11 is 0. The fourth-order valence-corrected chi connectivity index (χ4v) is 1.31. The van der Waals surface area contributed by atoms with Crippen LogP contribution in [-0.2, 0) is 11.2 Å². The van der Waals surface area contributed by atoms with E-state index in [0.717, 1.165) is 12.0 Å². The monoisotopic (exact) mass is 221 g/mol. The molecule has 1 unspecified atom stereocenters. The number of nitrogens with two attached hydrogens (primary N) is 1. The number of rotatable bonds is 6. The van der Waals surface area contributed by atoms with Crippen molar-refractivity contribution in [3.05, 3.63) is 23.9 Å². The van der Waals surface area contributed by atoms with Crippen LogP contribution < -0.4 is 11.1 Å². The summed E-state index contributed by atoms with van der Waals surface area (Å²) in [5.74, 6) is 0.583. The molecule has 1 rings (SSSR count). The largest absolute Gasteiger partial charge is 0.383 e. The highest BCUT2D eigenvalue weighted by molar-refractivity contribution is 5.83. The van der Waals surface area contributed by atoms with Gasteiger partial charge in [-0.15, -0.1) is 0 Å². The number of carbonyl (C=O) groups is 1. The lowest BCUT2D eigenvalue weighted by molar-refractivity contribution is -0.117. The Morgan fingerprint density at radius 2 is 2.38 bits per heavy atom. The molecule has 0 amide bonds. The summed E-state index contributed by atoms with van der Waals surface area (Å²) in [6, 6.07) is 4.00. The number of hydrogen-bond acceptors (Lipinski definition) is 4. The van der Waals surface area contributed by atoms with Crippen LogP contribution in [0.3, 0.4) is 0 Å². The van der Waals surface area contributed by atoms with Crippen LogP contribution in [0.4, 0.5) is 5.82 Å². The van der Waals surface area contributed by atoms with Crippen molar-refractivity contribution in [2.75, 3.05) is 12.3 Å². The van der Waals surface area contributed by atoms with Crippen LogP contribution in [0.1, 0.15) is 25.8 Å². The van der Waals surface area contributed by atoms with E-state index in [0.29, 0.717) is 24.8 Å². The molecule has 4 nitrogen and oxygen atoms in total. The number of Topliss-reactive ketones (excluding diaryl/α,β-unsaturated/α-hetero) is 1. The van der Waals surface area contributed by atoms with E-state index in [2.05, 4.69) is 24.1 Å². The molecule has 4 heteroatoms. The number of ketones is 1. The molecule has 0 spiro atoms. The van der Waals surface area contributed by atoms with E-state index in [1.54, 1.807) is 12.3 Å². The van der Waals surface area contributed by atoms with Crippen LogP contribution in [0.25, 0.3) is 0 Å². The Morgan fingerprint density at radius 1 is 1.62 bits per heavy atom.